The summed E-state index contributed by atoms with van der Waals surface area (Å²) in [7, 11) is 0. The molecule has 0 atom stereocenters. The van der Waals surface area contributed by atoms with E-state index in [4.69, 9.17) is 9.97 Å². The fraction of sp³-hybridized carbons (Fsp3) is 0. The van der Waals surface area contributed by atoms with Gasteiger partial charge in [0.1, 0.15) is 0 Å². The summed E-state index contributed by atoms with van der Waals surface area (Å²) in [6.45, 7) is 0. The Bertz CT molecular complexity index is 3520. The van der Waals surface area contributed by atoms with Gasteiger partial charge in [-0.2, -0.15) is 0 Å². The molecular weight excluding hydrogens is 681 g/mol. The molecule has 0 spiro atoms. The van der Waals surface area contributed by atoms with E-state index in [1.54, 1.807) is 0 Å². The minimum Gasteiger partial charge on any atom is -0.309 e. The third-order valence-electron chi connectivity index (χ3n) is 11.5. The Kier molecular flexibility index (Phi) is 6.60. The fourth-order valence-electron chi connectivity index (χ4n) is 9.14. The summed E-state index contributed by atoms with van der Waals surface area (Å²) in [4.78, 5) is 10.8. The van der Waals surface area contributed by atoms with Gasteiger partial charge in [-0.05, 0) is 69.8 Å². The molecule has 0 saturated heterocycles. The van der Waals surface area contributed by atoms with Gasteiger partial charge in [0.05, 0.1) is 33.3 Å². The van der Waals surface area contributed by atoms with E-state index in [0.29, 0.717) is 5.95 Å². The normalized spacial score (nSPS) is 11.9. The van der Waals surface area contributed by atoms with Crippen molar-refractivity contribution in [3.63, 3.8) is 0 Å². The Morgan fingerprint density at radius 3 is 1.68 bits per heavy atom. The zero-order valence-electron chi connectivity index (χ0n) is 30.3. The van der Waals surface area contributed by atoms with E-state index in [2.05, 4.69) is 203 Å². The molecule has 0 saturated carbocycles. The first-order chi connectivity index (χ1) is 27.8. The first-order valence-electron chi connectivity index (χ1n) is 19.1. The number of rotatable bonds is 4. The molecule has 260 valence electrons. The van der Waals surface area contributed by atoms with Crippen LogP contribution < -0.4 is 0 Å². The van der Waals surface area contributed by atoms with Gasteiger partial charge in [-0.1, -0.05) is 152 Å². The lowest BCUT2D eigenvalue weighted by Gasteiger charge is -2.13. The highest BCUT2D eigenvalue weighted by molar-refractivity contribution is 6.38. The molecule has 9 aromatic carbocycles. The topological polar surface area (TPSA) is 35.6 Å². The van der Waals surface area contributed by atoms with E-state index < -0.39 is 0 Å². The molecule has 4 nitrogen and oxygen atoms in total. The molecule has 4 heteroatoms. The molecule has 0 aliphatic rings. The summed E-state index contributed by atoms with van der Waals surface area (Å²) in [5.41, 5.74) is 10.9. The van der Waals surface area contributed by atoms with Gasteiger partial charge in [-0.15, -0.1) is 0 Å². The van der Waals surface area contributed by atoms with E-state index in [0.717, 1.165) is 44.4 Å². The van der Waals surface area contributed by atoms with E-state index in [-0.39, 0.29) is 0 Å². The molecule has 12 rings (SSSR count). The first-order valence-corrected chi connectivity index (χ1v) is 19.1. The van der Waals surface area contributed by atoms with Crippen molar-refractivity contribution >= 4 is 76.1 Å². The Morgan fingerprint density at radius 1 is 0.321 bits per heavy atom. The van der Waals surface area contributed by atoms with Gasteiger partial charge in [0.15, 0.2) is 0 Å². The molecular formula is C52H32N4. The zero-order chi connectivity index (χ0) is 36.7. The second-order valence-corrected chi connectivity index (χ2v) is 14.5. The van der Waals surface area contributed by atoms with Crippen LogP contribution in [0.25, 0.3) is 110 Å². The molecule has 0 bridgehead atoms. The lowest BCUT2D eigenvalue weighted by Crippen LogP contribution is -2.03. The smallest absolute Gasteiger partial charge is 0.235 e. The third-order valence-corrected chi connectivity index (χ3v) is 11.5. The molecule has 0 N–H and O–H groups in total. The SMILES string of the molecule is c1ccc(-c2cccc(-c3nc(-n4c5ccccc5c5c6c7c8ccccc8c8ccccc8c7n(-c7ccccc7)c6ccc54)nc4ccccc34)c2)cc1. The van der Waals surface area contributed by atoms with Gasteiger partial charge in [0.2, 0.25) is 5.95 Å². The maximum Gasteiger partial charge on any atom is 0.235 e. The van der Waals surface area contributed by atoms with Crippen LogP contribution in [-0.2, 0) is 0 Å². The van der Waals surface area contributed by atoms with Crippen LogP contribution in [0.4, 0.5) is 0 Å². The molecule has 3 heterocycles. The summed E-state index contributed by atoms with van der Waals surface area (Å²) in [6, 6.07) is 69.4. The second-order valence-electron chi connectivity index (χ2n) is 14.5. The highest BCUT2D eigenvalue weighted by Crippen LogP contribution is 2.47. The number of hydrogen-bond acceptors (Lipinski definition) is 2. The standard InChI is InChI=1S/C52H32N4/c1-3-16-33(17-4-1)34-18-15-19-35(32-34)50-41-26-11-13-28-43(41)53-52(54-50)56-44-29-14-12-27-42(44)47-45(56)30-31-46-49(47)48-39-24-9-7-22-37(39)38-23-8-10-25-40(38)51(48)55(46)36-20-5-2-6-21-36/h1-32H. The number of hydrogen-bond donors (Lipinski definition) is 0. The van der Waals surface area contributed by atoms with Gasteiger partial charge in [0.25, 0.3) is 0 Å². The third kappa shape index (κ3) is 4.41. The van der Waals surface area contributed by atoms with Crippen LogP contribution >= 0.6 is 0 Å². The number of benzene rings is 9. The van der Waals surface area contributed by atoms with E-state index >= 15 is 0 Å². The van der Waals surface area contributed by atoms with Gasteiger partial charge >= 0.3 is 0 Å². The molecule has 0 fully saturated rings. The minimum absolute atomic E-state index is 0.650. The maximum absolute atomic E-state index is 5.48. The maximum atomic E-state index is 5.48. The number of aromatic nitrogens is 4. The molecule has 0 amide bonds. The Labute approximate surface area is 322 Å². The Morgan fingerprint density at radius 2 is 0.893 bits per heavy atom. The van der Waals surface area contributed by atoms with Crippen molar-refractivity contribution in [2.24, 2.45) is 0 Å². The summed E-state index contributed by atoms with van der Waals surface area (Å²) in [5.74, 6) is 0.650. The molecule has 0 aliphatic heterocycles. The highest BCUT2D eigenvalue weighted by Gasteiger charge is 2.25. The van der Waals surface area contributed by atoms with Crippen molar-refractivity contribution in [2.45, 2.75) is 0 Å². The van der Waals surface area contributed by atoms with Crippen LogP contribution in [0.2, 0.25) is 0 Å². The largest absolute Gasteiger partial charge is 0.309 e. The molecule has 0 unspecified atom stereocenters. The average Bonchev–Trinajstić information content (AvgIpc) is 3.80. The summed E-state index contributed by atoms with van der Waals surface area (Å²) in [6.07, 6.45) is 0. The van der Waals surface area contributed by atoms with Crippen molar-refractivity contribution in [3.05, 3.63) is 194 Å². The number of para-hydroxylation sites is 3. The molecule has 56 heavy (non-hydrogen) atoms. The Balaban J connectivity index is 1.23. The van der Waals surface area contributed by atoms with Crippen molar-refractivity contribution in [1.29, 1.82) is 0 Å². The quantitative estimate of drug-likeness (QED) is 0.170. The first kappa shape index (κ1) is 30.9. The number of fused-ring (bicyclic) bond motifs is 13. The summed E-state index contributed by atoms with van der Waals surface area (Å²) < 4.78 is 4.74. The van der Waals surface area contributed by atoms with Crippen LogP contribution in [0.5, 0.6) is 0 Å². The van der Waals surface area contributed by atoms with Crippen molar-refractivity contribution < 1.29 is 0 Å². The van der Waals surface area contributed by atoms with Gasteiger partial charge in [-0.3, -0.25) is 4.57 Å². The predicted molar refractivity (Wildman–Crippen MR) is 234 cm³/mol. The Hall–Kier alpha value is -7.56. The van der Waals surface area contributed by atoms with Gasteiger partial charge in [-0.25, -0.2) is 9.97 Å². The van der Waals surface area contributed by atoms with Gasteiger partial charge in [0, 0.05) is 43.6 Å². The summed E-state index contributed by atoms with van der Waals surface area (Å²) in [5, 5.41) is 10.9. The van der Waals surface area contributed by atoms with Crippen LogP contribution in [0.1, 0.15) is 0 Å². The monoisotopic (exact) mass is 712 g/mol. The van der Waals surface area contributed by atoms with Crippen molar-refractivity contribution in [1.82, 2.24) is 19.1 Å². The average molecular weight is 713 g/mol. The second kappa shape index (κ2) is 12.0. The van der Waals surface area contributed by atoms with Crippen LogP contribution in [0.3, 0.4) is 0 Å². The van der Waals surface area contributed by atoms with Crippen LogP contribution in [0.15, 0.2) is 194 Å². The minimum atomic E-state index is 0.650. The van der Waals surface area contributed by atoms with Crippen LogP contribution in [-0.4, -0.2) is 19.1 Å². The van der Waals surface area contributed by atoms with E-state index in [1.165, 1.54) is 59.7 Å². The van der Waals surface area contributed by atoms with E-state index in [1.807, 2.05) is 0 Å². The zero-order valence-corrected chi connectivity index (χ0v) is 30.3. The molecule has 12 aromatic rings. The van der Waals surface area contributed by atoms with E-state index in [9.17, 15) is 0 Å². The number of nitrogens with zero attached hydrogens (tertiary/aromatic N) is 4. The fourth-order valence-corrected chi connectivity index (χ4v) is 9.14. The lowest BCUT2D eigenvalue weighted by atomic mass is 9.95. The van der Waals surface area contributed by atoms with Crippen molar-refractivity contribution in [3.8, 4) is 34.0 Å². The van der Waals surface area contributed by atoms with Gasteiger partial charge < -0.3 is 4.57 Å². The highest BCUT2D eigenvalue weighted by atomic mass is 15.2. The predicted octanol–water partition coefficient (Wildman–Crippen LogP) is 13.5. The molecule has 0 radical (unpaired) electrons. The van der Waals surface area contributed by atoms with Crippen molar-refractivity contribution in [2.75, 3.05) is 0 Å². The van der Waals surface area contributed by atoms with Crippen LogP contribution in [0, 0.1) is 0 Å². The molecule has 0 aliphatic carbocycles. The lowest BCUT2D eigenvalue weighted by molar-refractivity contribution is 1.01. The molecule has 3 aromatic heterocycles. The summed E-state index contributed by atoms with van der Waals surface area (Å²) >= 11 is 0.